The van der Waals surface area contributed by atoms with Crippen LogP contribution in [-0.4, -0.2) is 33.2 Å². The molecule has 6 aliphatic carbocycles. The predicted molar refractivity (Wildman–Crippen MR) is 63.0 cm³/mol. The Bertz CT molecular complexity index is 803. The molecule has 0 bridgehead atoms. The van der Waals surface area contributed by atoms with E-state index in [0.29, 0.717) is 0 Å². The Morgan fingerprint density at radius 1 is 0.450 bits per heavy atom. The highest BCUT2D eigenvalue weighted by Crippen LogP contribution is 3.13. The molecule has 4 unspecified atom stereocenters. The van der Waals surface area contributed by atoms with E-state index < -0.39 is 33.2 Å². The first-order valence-corrected chi connectivity index (χ1v) is 5.92. The number of rotatable bonds is 0. The molecule has 0 N–H and O–H groups in total. The van der Waals surface area contributed by atoms with Gasteiger partial charge in [-0.15, -0.1) is 0 Å². The van der Waals surface area contributed by atoms with E-state index >= 15 is 0 Å². The Morgan fingerprint density at radius 3 is 0.850 bits per heavy atom. The molecule has 0 amide bonds. The van der Waals surface area contributed by atoms with Crippen molar-refractivity contribution in [2.45, 2.75) is 33.2 Å². The summed E-state index contributed by atoms with van der Waals surface area (Å²) in [6, 6.07) is 0. The van der Waals surface area contributed by atoms with Gasteiger partial charge in [0, 0.05) is 0 Å². The third kappa shape index (κ3) is 0.259. The van der Waals surface area contributed by atoms with Gasteiger partial charge >= 0.3 is 33.2 Å². The molecule has 0 aliphatic heterocycles. The van der Waals surface area contributed by atoms with Crippen molar-refractivity contribution >= 4 is 0 Å². The van der Waals surface area contributed by atoms with Crippen LogP contribution in [-0.2, 0) is 0 Å². The summed E-state index contributed by atoms with van der Waals surface area (Å²) in [6.07, 6.45) is 0. The molecule has 6 nitrogen and oxygen atoms in total. The van der Waals surface area contributed by atoms with Crippen molar-refractivity contribution in [3.63, 3.8) is 0 Å². The summed E-state index contributed by atoms with van der Waals surface area (Å²) >= 11 is 0. The normalized spacial score (nSPS) is 69.9. The number of hydrogen-bond donors (Lipinski definition) is 0. The van der Waals surface area contributed by atoms with Gasteiger partial charge in [0.1, 0.15) is 0 Å². The lowest BCUT2D eigenvalue weighted by molar-refractivity contribution is -0.538. The van der Waals surface area contributed by atoms with Crippen molar-refractivity contribution in [3.8, 4) is 0 Å². The zero-order chi connectivity index (χ0) is 14.4. The largest absolute Gasteiger partial charge is 0.494 e. The van der Waals surface area contributed by atoms with Crippen LogP contribution < -0.4 is 0 Å². The smallest absolute Gasteiger partial charge is 0.290 e. The summed E-state index contributed by atoms with van der Waals surface area (Å²) in [6.45, 7) is 44.9. The Kier molecular flexibility index (Phi) is 0.865. The fraction of sp³-hybridized carbons (Fsp3) is 0.571. The predicted octanol–water partition coefficient (Wildman–Crippen LogP) is 1.24. The van der Waals surface area contributed by atoms with Crippen LogP contribution in [0.1, 0.15) is 0 Å². The molecule has 0 spiro atoms. The molecule has 6 heteroatoms. The minimum atomic E-state index is -1.42. The van der Waals surface area contributed by atoms with Gasteiger partial charge in [-0.2, -0.15) is 0 Å². The van der Waals surface area contributed by atoms with E-state index in [1.165, 1.54) is 0 Å². The molecule has 6 saturated carbocycles. The molecule has 20 heavy (non-hydrogen) atoms. The average Bonchev–Trinajstić information content (AvgIpc) is 2.50. The number of hydrogen-bond acceptors (Lipinski definition) is 0. The lowest BCUT2D eigenvalue weighted by atomic mass is 8.86. The second kappa shape index (κ2) is 1.76. The van der Waals surface area contributed by atoms with E-state index in [9.17, 15) is 0 Å². The molecular weight excluding hydrogens is 252 g/mol. The third-order valence-corrected chi connectivity index (χ3v) is 7.07. The zero-order valence-electron chi connectivity index (χ0n) is 9.84. The van der Waals surface area contributed by atoms with Crippen LogP contribution in [0.2, 0.25) is 0 Å². The van der Waals surface area contributed by atoms with E-state index in [1.54, 1.807) is 0 Å². The molecule has 0 saturated heterocycles. The van der Waals surface area contributed by atoms with Crippen LogP contribution in [0, 0.1) is 51.3 Å². The molecule has 0 heterocycles. The average molecular weight is 254 g/mol. The maximum absolute atomic E-state index is 7.52. The van der Waals surface area contributed by atoms with Crippen LogP contribution in [0.15, 0.2) is 0 Å². The van der Waals surface area contributed by atoms with Gasteiger partial charge in [-0.1, -0.05) is 0 Å². The van der Waals surface area contributed by atoms with E-state index in [2.05, 4.69) is 29.1 Å². The molecule has 0 aromatic heterocycles. The zero-order valence-corrected chi connectivity index (χ0v) is 9.84. The standard InChI is InChI=1S/C14H2N6/c1-15-9-7-8-10(9,16-2)14(20-6)12(8,18-4)11(7,17-3)13(9,14)19-5/h7-8H. The van der Waals surface area contributed by atoms with Gasteiger partial charge in [-0.05, 0) is 0 Å². The third-order valence-electron chi connectivity index (χ3n) is 7.07. The van der Waals surface area contributed by atoms with Gasteiger partial charge in [0.2, 0.25) is 0 Å². The van der Waals surface area contributed by atoms with Gasteiger partial charge in [0.15, 0.2) is 11.8 Å². The molecule has 88 valence electrons. The molecule has 0 aromatic carbocycles. The molecule has 6 rings (SSSR count). The summed E-state index contributed by atoms with van der Waals surface area (Å²) in [7, 11) is 0. The van der Waals surface area contributed by atoms with Crippen molar-refractivity contribution in [3.05, 3.63) is 68.5 Å². The van der Waals surface area contributed by atoms with Gasteiger partial charge in [-0.3, -0.25) is 29.1 Å². The monoisotopic (exact) mass is 254 g/mol. The highest BCUT2D eigenvalue weighted by atomic mass is 15.6. The summed E-state index contributed by atoms with van der Waals surface area (Å²) in [5.41, 5.74) is -7.59. The van der Waals surface area contributed by atoms with Gasteiger partial charge in [0.05, 0.1) is 0 Å². The van der Waals surface area contributed by atoms with Crippen LogP contribution in [0.4, 0.5) is 0 Å². The van der Waals surface area contributed by atoms with Crippen LogP contribution in [0.3, 0.4) is 0 Å². The highest BCUT2D eigenvalue weighted by molar-refractivity contribution is 6.00. The highest BCUT2D eigenvalue weighted by Gasteiger charge is 3.60. The van der Waals surface area contributed by atoms with E-state index in [4.69, 9.17) is 39.4 Å². The molecular formula is C14H2N6. The topological polar surface area (TPSA) is 26.2 Å². The first-order chi connectivity index (χ1) is 9.60. The van der Waals surface area contributed by atoms with Crippen molar-refractivity contribution in [1.82, 2.24) is 0 Å². The van der Waals surface area contributed by atoms with E-state index in [0.717, 1.165) is 0 Å². The summed E-state index contributed by atoms with van der Waals surface area (Å²) in [4.78, 5) is 21.5. The SMILES string of the molecule is [C-]#[N+]C12C3C4C1([N+]#[C-])C1([N+]#[C-])C4([N+]#[C-])C3([N+]#[C-])C21[N+]#[C-]. The van der Waals surface area contributed by atoms with Gasteiger partial charge < -0.3 is 0 Å². The van der Waals surface area contributed by atoms with E-state index in [1.807, 2.05) is 0 Å². The van der Waals surface area contributed by atoms with Crippen LogP contribution >= 0.6 is 0 Å². The Hall–Kier alpha value is -3.06. The Balaban J connectivity index is 1.97. The minimum Gasteiger partial charge on any atom is -0.290 e. The summed E-state index contributed by atoms with van der Waals surface area (Å²) < 4.78 is 0. The Morgan fingerprint density at radius 2 is 0.700 bits per heavy atom. The Labute approximate surface area is 114 Å². The molecule has 0 aromatic rings. The number of nitrogens with zero attached hydrogens (tertiary/aromatic N) is 6. The molecule has 0 radical (unpaired) electrons. The summed E-state index contributed by atoms with van der Waals surface area (Å²) in [5, 5.41) is 0. The van der Waals surface area contributed by atoms with Crippen molar-refractivity contribution < 1.29 is 0 Å². The second-order valence-corrected chi connectivity index (χ2v) is 6.11. The van der Waals surface area contributed by atoms with Crippen molar-refractivity contribution in [2.24, 2.45) is 11.8 Å². The van der Waals surface area contributed by atoms with E-state index in [-0.39, 0.29) is 11.8 Å². The van der Waals surface area contributed by atoms with Gasteiger partial charge in [-0.25, -0.2) is 39.4 Å². The minimum absolute atomic E-state index is 0.342. The maximum atomic E-state index is 7.52. The lowest BCUT2D eigenvalue weighted by Gasteiger charge is -2.92. The fourth-order valence-corrected chi connectivity index (χ4v) is 7.18. The maximum Gasteiger partial charge on any atom is 0.494 e. The van der Waals surface area contributed by atoms with Crippen LogP contribution in [0.25, 0.3) is 29.1 Å². The molecule has 4 atom stereocenters. The first kappa shape index (κ1) is 9.82. The van der Waals surface area contributed by atoms with Crippen molar-refractivity contribution in [2.75, 3.05) is 0 Å². The van der Waals surface area contributed by atoms with Gasteiger partial charge in [0.25, 0.3) is 0 Å². The lowest BCUT2D eigenvalue weighted by Crippen LogP contribution is -3.38. The molecule has 6 aliphatic rings. The first-order valence-electron chi connectivity index (χ1n) is 5.92. The fourth-order valence-electron chi connectivity index (χ4n) is 7.18. The molecule has 6 fully saturated rings. The van der Waals surface area contributed by atoms with Crippen molar-refractivity contribution in [1.29, 1.82) is 0 Å². The summed E-state index contributed by atoms with van der Waals surface area (Å²) in [5.74, 6) is -0.683. The quantitative estimate of drug-likeness (QED) is 0.581. The second-order valence-electron chi connectivity index (χ2n) is 6.11. The van der Waals surface area contributed by atoms with Crippen LogP contribution in [0.5, 0.6) is 0 Å².